The molecule has 0 unspecified atom stereocenters. The average Bonchev–Trinajstić information content (AvgIpc) is 3.18. The van der Waals surface area contributed by atoms with Crippen LogP contribution in [-0.2, 0) is 11.0 Å². The quantitative estimate of drug-likeness (QED) is 0.506. The van der Waals surface area contributed by atoms with E-state index in [-0.39, 0.29) is 33.6 Å². The summed E-state index contributed by atoms with van der Waals surface area (Å²) in [6, 6.07) is 2.59. The van der Waals surface area contributed by atoms with Crippen LogP contribution in [0, 0.1) is 6.92 Å². The predicted octanol–water partition coefficient (Wildman–Crippen LogP) is 4.40. The van der Waals surface area contributed by atoms with Gasteiger partial charge in [0.15, 0.2) is 11.2 Å². The lowest BCUT2D eigenvalue weighted by molar-refractivity contribution is -0.137. The number of nitrogens with zero attached hydrogens (tertiary/aromatic N) is 4. The summed E-state index contributed by atoms with van der Waals surface area (Å²) in [6.45, 7) is 5.15. The van der Waals surface area contributed by atoms with Gasteiger partial charge in [-0.05, 0) is 44.4 Å². The molecule has 2 fully saturated rings. The molecule has 0 radical (unpaired) electrons. The molecule has 6 rings (SSSR count). The van der Waals surface area contributed by atoms with Crippen molar-refractivity contribution in [1.82, 2.24) is 19.9 Å². The number of halogens is 4. The van der Waals surface area contributed by atoms with Crippen LogP contribution < -0.4 is 21.0 Å². The molecule has 1 aliphatic carbocycles. The number of benzene rings is 1. The minimum absolute atomic E-state index is 0.0812. The summed E-state index contributed by atoms with van der Waals surface area (Å²) < 4.78 is 41.0. The summed E-state index contributed by atoms with van der Waals surface area (Å²) in [5, 5.41) is 6.00. The van der Waals surface area contributed by atoms with Crippen LogP contribution >= 0.6 is 11.6 Å². The Hall–Kier alpha value is -3.18. The van der Waals surface area contributed by atoms with E-state index in [1.165, 1.54) is 0 Å². The number of anilines is 2. The SMILES string of the molecule is Cc1cnc2c(n1)c(=O)c(N1CCN[C@H]3CC[C@@H]31)c1n2[C@H](C(=O)Nc2ccc(C(F)(F)F)cc2Cl)C[C@H]1C. The highest BCUT2D eigenvalue weighted by Gasteiger charge is 2.44. The average molecular weight is 547 g/mol. The second kappa shape index (κ2) is 8.94. The summed E-state index contributed by atoms with van der Waals surface area (Å²) in [5.74, 6) is -0.588. The van der Waals surface area contributed by atoms with Gasteiger partial charge >= 0.3 is 6.18 Å². The number of fused-ring (bicyclic) bond motifs is 4. The number of amides is 1. The Morgan fingerprint density at radius 1 is 1.26 bits per heavy atom. The second-order valence-corrected chi connectivity index (χ2v) is 10.8. The maximum Gasteiger partial charge on any atom is 0.416 e. The minimum atomic E-state index is -4.55. The predicted molar refractivity (Wildman–Crippen MR) is 138 cm³/mol. The number of carbonyl (C=O) groups is 1. The number of pyridine rings is 1. The van der Waals surface area contributed by atoms with Crippen LogP contribution in [0.15, 0.2) is 29.2 Å². The molecule has 0 bridgehead atoms. The zero-order valence-electron chi connectivity index (χ0n) is 20.8. The Kier molecular flexibility index (Phi) is 5.91. The molecule has 1 amide bonds. The summed E-state index contributed by atoms with van der Waals surface area (Å²) in [7, 11) is 0. The highest BCUT2D eigenvalue weighted by molar-refractivity contribution is 6.33. The number of aryl methyl sites for hydroxylation is 1. The number of alkyl halides is 3. The Balaban J connectivity index is 1.45. The van der Waals surface area contributed by atoms with E-state index >= 15 is 0 Å². The third kappa shape index (κ3) is 3.94. The van der Waals surface area contributed by atoms with Crippen LogP contribution in [0.25, 0.3) is 11.2 Å². The van der Waals surface area contributed by atoms with Gasteiger partial charge in [0.05, 0.1) is 33.9 Å². The Morgan fingerprint density at radius 2 is 2.05 bits per heavy atom. The zero-order chi connectivity index (χ0) is 26.9. The van der Waals surface area contributed by atoms with E-state index in [9.17, 15) is 22.8 Å². The van der Waals surface area contributed by atoms with Crippen molar-refractivity contribution in [2.45, 2.75) is 63.3 Å². The third-order valence-corrected chi connectivity index (χ3v) is 8.24. The second-order valence-electron chi connectivity index (χ2n) is 10.3. The number of hydrogen-bond donors (Lipinski definition) is 2. The molecule has 2 aliphatic heterocycles. The van der Waals surface area contributed by atoms with Crippen molar-refractivity contribution in [1.29, 1.82) is 0 Å². The van der Waals surface area contributed by atoms with Gasteiger partial charge in [0, 0.05) is 31.1 Å². The molecule has 4 atom stereocenters. The zero-order valence-corrected chi connectivity index (χ0v) is 21.5. The number of nitrogens with one attached hydrogen (secondary N) is 2. The number of piperazine rings is 1. The normalized spacial score (nSPS) is 24.6. The Labute approximate surface area is 221 Å². The van der Waals surface area contributed by atoms with Crippen molar-refractivity contribution in [3.8, 4) is 0 Å². The van der Waals surface area contributed by atoms with E-state index in [1.54, 1.807) is 17.7 Å². The summed E-state index contributed by atoms with van der Waals surface area (Å²) in [5.41, 5.74) is 1.43. The number of hydrogen-bond acceptors (Lipinski definition) is 6. The van der Waals surface area contributed by atoms with E-state index in [0.29, 0.717) is 36.0 Å². The lowest BCUT2D eigenvalue weighted by Crippen LogP contribution is -2.64. The molecule has 200 valence electrons. The van der Waals surface area contributed by atoms with Crippen molar-refractivity contribution >= 4 is 40.0 Å². The maximum absolute atomic E-state index is 13.9. The number of carbonyl (C=O) groups excluding carboxylic acids is 1. The molecule has 1 saturated carbocycles. The smallest absolute Gasteiger partial charge is 0.361 e. The van der Waals surface area contributed by atoms with Crippen LogP contribution in [-0.4, -0.2) is 45.6 Å². The van der Waals surface area contributed by atoms with Crippen molar-refractivity contribution in [3.05, 3.63) is 56.6 Å². The lowest BCUT2D eigenvalue weighted by Gasteiger charge is -2.50. The fourth-order valence-corrected chi connectivity index (χ4v) is 6.24. The first-order chi connectivity index (χ1) is 18.0. The van der Waals surface area contributed by atoms with E-state index in [4.69, 9.17) is 11.6 Å². The fraction of sp³-hybridized carbons (Fsp3) is 0.462. The van der Waals surface area contributed by atoms with Crippen LogP contribution in [0.5, 0.6) is 0 Å². The lowest BCUT2D eigenvalue weighted by atomic mass is 9.82. The van der Waals surface area contributed by atoms with Crippen molar-refractivity contribution in [3.63, 3.8) is 0 Å². The maximum atomic E-state index is 13.9. The highest BCUT2D eigenvalue weighted by atomic mass is 35.5. The Morgan fingerprint density at radius 3 is 2.74 bits per heavy atom. The molecule has 8 nitrogen and oxygen atoms in total. The van der Waals surface area contributed by atoms with Gasteiger partial charge < -0.3 is 20.1 Å². The molecule has 12 heteroatoms. The monoisotopic (exact) mass is 546 g/mol. The van der Waals surface area contributed by atoms with Gasteiger partial charge in [-0.15, -0.1) is 0 Å². The van der Waals surface area contributed by atoms with Crippen LogP contribution in [0.1, 0.15) is 55.1 Å². The first kappa shape index (κ1) is 25.1. The molecular weight excluding hydrogens is 521 g/mol. The van der Waals surface area contributed by atoms with Gasteiger partial charge in [-0.1, -0.05) is 18.5 Å². The van der Waals surface area contributed by atoms with E-state index in [2.05, 4.69) is 25.5 Å². The molecule has 0 spiro atoms. The van der Waals surface area contributed by atoms with E-state index in [1.807, 2.05) is 6.92 Å². The topological polar surface area (TPSA) is 92.2 Å². The highest BCUT2D eigenvalue weighted by Crippen LogP contribution is 2.44. The van der Waals surface area contributed by atoms with Crippen LogP contribution in [0.4, 0.5) is 24.5 Å². The summed E-state index contributed by atoms with van der Waals surface area (Å²) in [6.07, 6.45) is -0.574. The first-order valence-electron chi connectivity index (χ1n) is 12.6. The molecule has 1 saturated heterocycles. The van der Waals surface area contributed by atoms with Gasteiger partial charge in [-0.2, -0.15) is 13.2 Å². The fourth-order valence-electron chi connectivity index (χ4n) is 6.01. The van der Waals surface area contributed by atoms with Gasteiger partial charge in [0.2, 0.25) is 11.3 Å². The standard InChI is InChI=1S/C26H26ClF3N6O2/c1-12-9-19(25(38)34-16-4-3-14(10-15(16)27)26(28,29)30)36-21(12)22(35-8-7-31-17-5-6-18(17)35)23(37)20-24(36)32-11-13(2)33-20/h3-4,10-12,17-19,31H,5-9H2,1-2H3,(H,34,38)/t12-,17+,18+,19+/m1/s1. The molecule has 3 aromatic rings. The van der Waals surface area contributed by atoms with Crippen molar-refractivity contribution in [2.75, 3.05) is 23.3 Å². The molecular formula is C26H26ClF3N6O2. The largest absolute Gasteiger partial charge is 0.416 e. The summed E-state index contributed by atoms with van der Waals surface area (Å²) in [4.78, 5) is 38.7. The molecule has 4 heterocycles. The molecule has 38 heavy (non-hydrogen) atoms. The van der Waals surface area contributed by atoms with Crippen molar-refractivity contribution < 1.29 is 18.0 Å². The summed E-state index contributed by atoms with van der Waals surface area (Å²) >= 11 is 6.11. The van der Waals surface area contributed by atoms with E-state index in [0.717, 1.165) is 43.3 Å². The molecule has 2 N–H and O–H groups in total. The van der Waals surface area contributed by atoms with Gasteiger partial charge in [0.1, 0.15) is 11.7 Å². The van der Waals surface area contributed by atoms with Gasteiger partial charge in [-0.3, -0.25) is 9.59 Å². The number of rotatable bonds is 3. The minimum Gasteiger partial charge on any atom is -0.361 e. The van der Waals surface area contributed by atoms with Crippen molar-refractivity contribution in [2.24, 2.45) is 0 Å². The van der Waals surface area contributed by atoms with Crippen LogP contribution in [0.3, 0.4) is 0 Å². The molecule has 3 aliphatic rings. The molecule has 1 aromatic carbocycles. The van der Waals surface area contributed by atoms with Gasteiger partial charge in [-0.25, -0.2) is 9.97 Å². The van der Waals surface area contributed by atoms with Crippen LogP contribution in [0.2, 0.25) is 5.02 Å². The molecule has 2 aromatic heterocycles. The third-order valence-electron chi connectivity index (χ3n) is 7.93. The first-order valence-corrected chi connectivity index (χ1v) is 13.0. The Bertz CT molecular complexity index is 1520. The number of aromatic nitrogens is 3. The van der Waals surface area contributed by atoms with Gasteiger partial charge in [0.25, 0.3) is 0 Å². The van der Waals surface area contributed by atoms with E-state index < -0.39 is 23.7 Å².